The van der Waals surface area contributed by atoms with Crippen molar-refractivity contribution in [1.29, 1.82) is 0 Å². The van der Waals surface area contributed by atoms with Crippen molar-refractivity contribution in [2.75, 3.05) is 25.5 Å². The summed E-state index contributed by atoms with van der Waals surface area (Å²) in [6.45, 7) is 1.98. The van der Waals surface area contributed by atoms with Crippen molar-refractivity contribution < 1.29 is 9.21 Å². The molecular weight excluding hydrogens is 256 g/mol. The molecular formula is C15H18N2O3. The van der Waals surface area contributed by atoms with Crippen LogP contribution in [-0.4, -0.2) is 26.5 Å². The summed E-state index contributed by atoms with van der Waals surface area (Å²) in [5.74, 6) is -0.0767. The van der Waals surface area contributed by atoms with Gasteiger partial charge in [-0.05, 0) is 24.1 Å². The highest BCUT2D eigenvalue weighted by Gasteiger charge is 2.07. The minimum atomic E-state index is -0.369. The van der Waals surface area contributed by atoms with Crippen LogP contribution < -0.4 is 15.8 Å². The van der Waals surface area contributed by atoms with Gasteiger partial charge in [0.25, 0.3) is 0 Å². The number of hydrogen-bond acceptors (Lipinski definition) is 4. The van der Waals surface area contributed by atoms with E-state index in [0.717, 1.165) is 16.6 Å². The maximum absolute atomic E-state index is 11.6. The fourth-order valence-corrected chi connectivity index (χ4v) is 2.08. The van der Waals surface area contributed by atoms with E-state index in [2.05, 4.69) is 5.32 Å². The summed E-state index contributed by atoms with van der Waals surface area (Å²) in [5, 5.41) is 3.63. The third kappa shape index (κ3) is 3.17. The van der Waals surface area contributed by atoms with Crippen molar-refractivity contribution in [3.05, 3.63) is 40.2 Å². The molecule has 0 bridgehead atoms. The van der Waals surface area contributed by atoms with Crippen molar-refractivity contribution in [2.45, 2.75) is 13.3 Å². The van der Waals surface area contributed by atoms with Gasteiger partial charge in [0.1, 0.15) is 5.58 Å². The Kier molecular flexibility index (Phi) is 4.08. The first-order chi connectivity index (χ1) is 9.47. The molecule has 106 valence electrons. The second-order valence-corrected chi connectivity index (χ2v) is 4.90. The molecule has 5 heteroatoms. The quantitative estimate of drug-likeness (QED) is 0.859. The van der Waals surface area contributed by atoms with Crippen molar-refractivity contribution in [2.24, 2.45) is 0 Å². The Balaban J connectivity index is 2.39. The Morgan fingerprint density at radius 3 is 2.70 bits per heavy atom. The number of nitrogens with zero attached hydrogens (tertiary/aromatic N) is 1. The molecule has 0 unspecified atom stereocenters. The lowest BCUT2D eigenvalue weighted by Gasteiger charge is -2.13. The first-order valence-electron chi connectivity index (χ1n) is 6.46. The van der Waals surface area contributed by atoms with Gasteiger partial charge in [0.2, 0.25) is 5.91 Å². The molecule has 5 nitrogen and oxygen atoms in total. The summed E-state index contributed by atoms with van der Waals surface area (Å²) in [4.78, 5) is 24.4. The zero-order valence-electron chi connectivity index (χ0n) is 11.9. The van der Waals surface area contributed by atoms with Gasteiger partial charge >= 0.3 is 5.63 Å². The van der Waals surface area contributed by atoms with Crippen LogP contribution in [0.2, 0.25) is 0 Å². The molecule has 0 aliphatic carbocycles. The van der Waals surface area contributed by atoms with Gasteiger partial charge in [0, 0.05) is 50.8 Å². The van der Waals surface area contributed by atoms with E-state index in [9.17, 15) is 9.59 Å². The van der Waals surface area contributed by atoms with Crippen LogP contribution in [0.1, 0.15) is 12.5 Å². The molecule has 1 heterocycles. The molecule has 2 aromatic rings. The first-order valence-corrected chi connectivity index (χ1v) is 6.46. The Bertz CT molecular complexity index is 689. The minimum Gasteiger partial charge on any atom is -0.423 e. The van der Waals surface area contributed by atoms with Crippen LogP contribution in [0.15, 0.2) is 33.5 Å². The van der Waals surface area contributed by atoms with E-state index >= 15 is 0 Å². The number of hydrogen-bond donors (Lipinski definition) is 1. The summed E-state index contributed by atoms with van der Waals surface area (Å²) < 4.78 is 5.25. The summed E-state index contributed by atoms with van der Waals surface area (Å²) in [7, 11) is 3.86. The lowest BCUT2D eigenvalue weighted by Crippen LogP contribution is -2.22. The van der Waals surface area contributed by atoms with Crippen molar-refractivity contribution in [3.63, 3.8) is 0 Å². The number of benzene rings is 1. The SMILES string of the molecule is CC(=O)NCCc1cc(=O)oc2cc(N(C)C)ccc12. The summed E-state index contributed by atoms with van der Waals surface area (Å²) in [6.07, 6.45) is 0.600. The molecule has 0 fully saturated rings. The molecule has 20 heavy (non-hydrogen) atoms. The number of fused-ring (bicyclic) bond motifs is 1. The Labute approximate surface area is 117 Å². The summed E-state index contributed by atoms with van der Waals surface area (Å²) in [6, 6.07) is 7.25. The average Bonchev–Trinajstić information content (AvgIpc) is 2.37. The molecule has 0 aliphatic rings. The number of amides is 1. The van der Waals surface area contributed by atoms with E-state index in [-0.39, 0.29) is 11.5 Å². The zero-order valence-corrected chi connectivity index (χ0v) is 11.9. The molecule has 1 aromatic carbocycles. The second kappa shape index (κ2) is 5.77. The number of carbonyl (C=O) groups is 1. The molecule has 1 aromatic heterocycles. The average molecular weight is 274 g/mol. The van der Waals surface area contributed by atoms with Crippen LogP contribution in [0.3, 0.4) is 0 Å². The molecule has 0 aliphatic heterocycles. The molecule has 0 atom stereocenters. The van der Waals surface area contributed by atoms with Crippen LogP contribution in [-0.2, 0) is 11.2 Å². The van der Waals surface area contributed by atoms with Gasteiger partial charge in [-0.1, -0.05) is 0 Å². The first kappa shape index (κ1) is 14.1. The normalized spacial score (nSPS) is 10.6. The predicted octanol–water partition coefficient (Wildman–Crippen LogP) is 1.54. The van der Waals surface area contributed by atoms with E-state index < -0.39 is 0 Å². The van der Waals surface area contributed by atoms with Crippen LogP contribution in [0.25, 0.3) is 11.0 Å². The van der Waals surface area contributed by atoms with Crippen molar-refractivity contribution in [3.8, 4) is 0 Å². The second-order valence-electron chi connectivity index (χ2n) is 4.90. The van der Waals surface area contributed by atoms with Gasteiger partial charge < -0.3 is 14.6 Å². The maximum Gasteiger partial charge on any atom is 0.336 e. The molecule has 0 spiro atoms. The predicted molar refractivity (Wildman–Crippen MR) is 79.2 cm³/mol. The highest BCUT2D eigenvalue weighted by atomic mass is 16.4. The Hall–Kier alpha value is -2.30. The van der Waals surface area contributed by atoms with Gasteiger partial charge in [-0.2, -0.15) is 0 Å². The van der Waals surface area contributed by atoms with Crippen molar-refractivity contribution >= 4 is 22.6 Å². The highest BCUT2D eigenvalue weighted by Crippen LogP contribution is 2.22. The Morgan fingerprint density at radius 1 is 1.30 bits per heavy atom. The van der Waals surface area contributed by atoms with E-state index in [1.807, 2.05) is 37.2 Å². The van der Waals surface area contributed by atoms with Crippen LogP contribution >= 0.6 is 0 Å². The lowest BCUT2D eigenvalue weighted by molar-refractivity contribution is -0.118. The van der Waals surface area contributed by atoms with Crippen LogP contribution in [0.5, 0.6) is 0 Å². The fraction of sp³-hybridized carbons (Fsp3) is 0.333. The largest absolute Gasteiger partial charge is 0.423 e. The molecule has 1 amide bonds. The van der Waals surface area contributed by atoms with Gasteiger partial charge in [0.15, 0.2) is 0 Å². The van der Waals surface area contributed by atoms with Crippen molar-refractivity contribution in [1.82, 2.24) is 5.32 Å². The van der Waals surface area contributed by atoms with Crippen LogP contribution in [0.4, 0.5) is 5.69 Å². The molecule has 0 radical (unpaired) electrons. The summed E-state index contributed by atoms with van der Waals surface area (Å²) in [5.41, 5.74) is 2.06. The maximum atomic E-state index is 11.6. The Morgan fingerprint density at radius 2 is 2.05 bits per heavy atom. The van der Waals surface area contributed by atoms with E-state index in [1.165, 1.54) is 13.0 Å². The van der Waals surface area contributed by atoms with Gasteiger partial charge in [-0.25, -0.2) is 4.79 Å². The number of carbonyl (C=O) groups excluding carboxylic acids is 1. The topological polar surface area (TPSA) is 62.6 Å². The van der Waals surface area contributed by atoms with E-state index in [4.69, 9.17) is 4.42 Å². The third-order valence-corrected chi connectivity index (χ3v) is 3.10. The van der Waals surface area contributed by atoms with E-state index in [0.29, 0.717) is 18.5 Å². The molecule has 2 rings (SSSR count). The van der Waals surface area contributed by atoms with Gasteiger partial charge in [0.05, 0.1) is 0 Å². The van der Waals surface area contributed by atoms with Crippen LogP contribution in [0, 0.1) is 0 Å². The zero-order chi connectivity index (χ0) is 14.7. The lowest BCUT2D eigenvalue weighted by atomic mass is 10.1. The monoisotopic (exact) mass is 274 g/mol. The van der Waals surface area contributed by atoms with Gasteiger partial charge in [-0.3, -0.25) is 4.79 Å². The number of rotatable bonds is 4. The number of anilines is 1. The third-order valence-electron chi connectivity index (χ3n) is 3.10. The van der Waals surface area contributed by atoms with E-state index in [1.54, 1.807) is 0 Å². The fourth-order valence-electron chi connectivity index (χ4n) is 2.08. The smallest absolute Gasteiger partial charge is 0.336 e. The minimum absolute atomic E-state index is 0.0767. The highest BCUT2D eigenvalue weighted by molar-refractivity contribution is 5.83. The molecule has 0 saturated carbocycles. The molecule has 0 saturated heterocycles. The van der Waals surface area contributed by atoms with Gasteiger partial charge in [-0.15, -0.1) is 0 Å². The number of nitrogens with one attached hydrogen (secondary N) is 1. The standard InChI is InChI=1S/C15H18N2O3/c1-10(18)16-7-6-11-8-15(19)20-14-9-12(17(2)3)4-5-13(11)14/h4-5,8-9H,6-7H2,1-3H3,(H,16,18). The molecule has 1 N–H and O–H groups in total. The summed E-state index contributed by atoms with van der Waals surface area (Å²) >= 11 is 0.